The van der Waals surface area contributed by atoms with E-state index in [1.807, 2.05) is 0 Å². The van der Waals surface area contributed by atoms with E-state index in [4.69, 9.17) is 11.6 Å². The number of nitrogens with one attached hydrogen (secondary N) is 3. The molecule has 2 aromatic carbocycles. The third-order valence-corrected chi connectivity index (χ3v) is 7.77. The summed E-state index contributed by atoms with van der Waals surface area (Å²) in [4.78, 5) is 27.4. The molecule has 2 amide bonds. The second-order valence-electron chi connectivity index (χ2n) is 8.37. The third-order valence-electron chi connectivity index (χ3n) is 5.83. The first-order valence-electron chi connectivity index (χ1n) is 11.5. The smallest absolute Gasteiger partial charge is 0.251 e. The van der Waals surface area contributed by atoms with E-state index in [1.54, 1.807) is 18.2 Å². The summed E-state index contributed by atoms with van der Waals surface area (Å²) in [6, 6.07) is 7.29. The maximum Gasteiger partial charge on any atom is 0.251 e. The zero-order valence-electron chi connectivity index (χ0n) is 19.7. The summed E-state index contributed by atoms with van der Waals surface area (Å²) < 4.78 is 38.6. The van der Waals surface area contributed by atoms with Gasteiger partial charge in [-0.25, -0.2) is 12.8 Å². The molecule has 0 aromatic heterocycles. The first-order chi connectivity index (χ1) is 16.6. The Labute approximate surface area is 210 Å². The van der Waals surface area contributed by atoms with Crippen molar-refractivity contribution in [3.8, 4) is 0 Å². The van der Waals surface area contributed by atoms with Gasteiger partial charge in [-0.15, -0.1) is 0 Å². The number of nitrogens with zero attached hydrogens (tertiary/aromatic N) is 1. The number of carbonyl (C=O) groups excluding carboxylic acids is 2. The van der Waals surface area contributed by atoms with E-state index in [2.05, 4.69) is 34.7 Å². The van der Waals surface area contributed by atoms with Crippen molar-refractivity contribution in [1.82, 2.24) is 10.2 Å². The first-order valence-corrected chi connectivity index (χ1v) is 13.7. The number of rotatable bonds is 11. The predicted molar refractivity (Wildman–Crippen MR) is 136 cm³/mol. The van der Waals surface area contributed by atoms with Crippen LogP contribution in [0.1, 0.15) is 36.2 Å². The monoisotopic (exact) mass is 524 g/mol. The summed E-state index contributed by atoms with van der Waals surface area (Å²) in [6.45, 7) is 7.55. The molecule has 3 rings (SSSR count). The molecule has 3 N–H and O–H groups in total. The van der Waals surface area contributed by atoms with E-state index in [1.165, 1.54) is 6.07 Å². The van der Waals surface area contributed by atoms with Crippen molar-refractivity contribution in [2.24, 2.45) is 0 Å². The number of amides is 2. The Kier molecular flexibility index (Phi) is 9.09. The minimum absolute atomic E-state index is 0.0128. The van der Waals surface area contributed by atoms with Crippen LogP contribution < -0.4 is 16.0 Å². The molecular weight excluding hydrogens is 495 g/mol. The number of fused-ring (bicyclic) bond motifs is 1. The molecule has 1 atom stereocenters. The average molecular weight is 525 g/mol. The molecule has 1 heterocycles. The van der Waals surface area contributed by atoms with Crippen molar-refractivity contribution in [1.29, 1.82) is 0 Å². The van der Waals surface area contributed by atoms with Gasteiger partial charge in [0.05, 0.1) is 22.9 Å². The summed E-state index contributed by atoms with van der Waals surface area (Å²) in [5.41, 5.74) is 1.58. The van der Waals surface area contributed by atoms with Crippen molar-refractivity contribution < 1.29 is 22.4 Å². The van der Waals surface area contributed by atoms with Crippen LogP contribution in [-0.2, 0) is 20.4 Å². The second-order valence-corrected chi connectivity index (χ2v) is 10.9. The van der Waals surface area contributed by atoms with Crippen LogP contribution in [0.15, 0.2) is 36.4 Å². The van der Waals surface area contributed by atoms with E-state index >= 15 is 0 Å². The topological polar surface area (TPSA) is 108 Å². The van der Waals surface area contributed by atoms with Gasteiger partial charge in [-0.05, 0) is 62.0 Å². The number of carbonyl (C=O) groups is 2. The SMILES string of the molecule is CCN(CC)CCCNC(=O)c1ccc2c(c1)NC(=O)[C@H](CS(=O)(=O)Cc1ccc(F)cc1Cl)N2. The lowest BCUT2D eigenvalue weighted by Gasteiger charge is -2.27. The largest absolute Gasteiger partial charge is 0.371 e. The fraction of sp³-hybridized carbons (Fsp3) is 0.417. The summed E-state index contributed by atoms with van der Waals surface area (Å²) in [5.74, 6) is -2.22. The maximum atomic E-state index is 13.2. The molecule has 0 spiro atoms. The van der Waals surface area contributed by atoms with Crippen LogP contribution in [0, 0.1) is 5.82 Å². The Morgan fingerprint density at radius 2 is 1.89 bits per heavy atom. The van der Waals surface area contributed by atoms with Crippen molar-refractivity contribution in [2.75, 3.05) is 42.6 Å². The van der Waals surface area contributed by atoms with Crippen molar-refractivity contribution >= 4 is 44.6 Å². The molecule has 11 heteroatoms. The summed E-state index contributed by atoms with van der Waals surface area (Å²) >= 11 is 5.95. The number of sulfone groups is 1. The molecular formula is C24H30ClFN4O4S. The molecule has 0 saturated carbocycles. The van der Waals surface area contributed by atoms with E-state index in [0.717, 1.165) is 38.2 Å². The number of hydrogen-bond acceptors (Lipinski definition) is 6. The molecule has 1 aliphatic rings. The van der Waals surface area contributed by atoms with Crippen LogP contribution in [0.3, 0.4) is 0 Å². The second kappa shape index (κ2) is 11.8. The van der Waals surface area contributed by atoms with Gasteiger partial charge in [-0.1, -0.05) is 31.5 Å². The Morgan fingerprint density at radius 1 is 1.14 bits per heavy atom. The lowest BCUT2D eigenvalue weighted by Crippen LogP contribution is -2.43. The zero-order valence-corrected chi connectivity index (χ0v) is 21.3. The fourth-order valence-corrected chi connectivity index (χ4v) is 5.74. The zero-order chi connectivity index (χ0) is 25.6. The summed E-state index contributed by atoms with van der Waals surface area (Å²) in [5, 5.41) is 8.51. The number of halogens is 2. The Morgan fingerprint density at radius 3 is 2.57 bits per heavy atom. The lowest BCUT2D eigenvalue weighted by molar-refractivity contribution is -0.116. The molecule has 0 bridgehead atoms. The quantitative estimate of drug-likeness (QED) is 0.389. The van der Waals surface area contributed by atoms with Crippen molar-refractivity contribution in [3.63, 3.8) is 0 Å². The van der Waals surface area contributed by atoms with Gasteiger partial charge >= 0.3 is 0 Å². The van der Waals surface area contributed by atoms with Crippen molar-refractivity contribution in [2.45, 2.75) is 32.1 Å². The summed E-state index contributed by atoms with van der Waals surface area (Å²) in [6.07, 6.45) is 0.829. The lowest BCUT2D eigenvalue weighted by atomic mass is 10.1. The fourth-order valence-electron chi connectivity index (χ4n) is 3.84. The molecule has 0 radical (unpaired) electrons. The Hall–Kier alpha value is -2.69. The van der Waals surface area contributed by atoms with Gasteiger partial charge in [0.2, 0.25) is 5.91 Å². The van der Waals surface area contributed by atoms with Gasteiger partial charge in [0.25, 0.3) is 5.91 Å². The van der Waals surface area contributed by atoms with Crippen LogP contribution in [-0.4, -0.2) is 63.1 Å². The van der Waals surface area contributed by atoms with Gasteiger partial charge < -0.3 is 20.9 Å². The molecule has 2 aromatic rings. The highest BCUT2D eigenvalue weighted by molar-refractivity contribution is 7.90. The molecule has 0 fully saturated rings. The van der Waals surface area contributed by atoms with Crippen LogP contribution in [0.4, 0.5) is 15.8 Å². The normalized spacial score (nSPS) is 15.3. The maximum absolute atomic E-state index is 13.2. The van der Waals surface area contributed by atoms with Gasteiger partial charge in [0.1, 0.15) is 11.9 Å². The van der Waals surface area contributed by atoms with E-state index < -0.39 is 39.1 Å². The van der Waals surface area contributed by atoms with Crippen LogP contribution in [0.5, 0.6) is 0 Å². The highest BCUT2D eigenvalue weighted by Crippen LogP contribution is 2.29. The van der Waals surface area contributed by atoms with E-state index in [0.29, 0.717) is 23.5 Å². The van der Waals surface area contributed by atoms with Crippen molar-refractivity contribution in [3.05, 3.63) is 58.4 Å². The molecule has 0 aliphatic carbocycles. The Balaban J connectivity index is 1.60. The molecule has 1 aliphatic heterocycles. The highest BCUT2D eigenvalue weighted by atomic mass is 35.5. The standard InChI is InChI=1S/C24H30ClFN4O4S/c1-3-30(4-2)11-5-10-27-23(31)16-7-9-20-21(12-16)29-24(32)22(28-20)15-35(33,34)14-17-6-8-18(26)13-19(17)25/h6-9,12-13,22,28H,3-5,10-11,14-15H2,1-2H3,(H,27,31)(H,29,32)/t22-/m0/s1. The van der Waals surface area contributed by atoms with Crippen LogP contribution >= 0.6 is 11.6 Å². The van der Waals surface area contributed by atoms with Gasteiger partial charge in [-0.2, -0.15) is 0 Å². The molecule has 190 valence electrons. The summed E-state index contributed by atoms with van der Waals surface area (Å²) in [7, 11) is -3.75. The number of benzene rings is 2. The minimum atomic E-state index is -3.75. The minimum Gasteiger partial charge on any atom is -0.371 e. The highest BCUT2D eigenvalue weighted by Gasteiger charge is 2.31. The van der Waals surface area contributed by atoms with Gasteiger partial charge in [0.15, 0.2) is 9.84 Å². The molecule has 35 heavy (non-hydrogen) atoms. The predicted octanol–water partition coefficient (Wildman–Crippen LogP) is 3.29. The first kappa shape index (κ1) is 26.9. The van der Waals surface area contributed by atoms with E-state index in [-0.39, 0.29) is 16.5 Å². The van der Waals surface area contributed by atoms with Crippen LogP contribution in [0.2, 0.25) is 5.02 Å². The van der Waals surface area contributed by atoms with E-state index in [9.17, 15) is 22.4 Å². The molecule has 0 saturated heterocycles. The average Bonchev–Trinajstić information content (AvgIpc) is 2.81. The van der Waals surface area contributed by atoms with Gasteiger partial charge in [-0.3, -0.25) is 9.59 Å². The Bertz CT molecular complexity index is 1190. The molecule has 0 unspecified atom stereocenters. The van der Waals surface area contributed by atoms with Crippen LogP contribution in [0.25, 0.3) is 0 Å². The van der Waals surface area contributed by atoms with Gasteiger partial charge in [0, 0.05) is 17.1 Å². The molecule has 8 nitrogen and oxygen atoms in total. The third kappa shape index (κ3) is 7.39. The number of anilines is 2. The number of hydrogen-bond donors (Lipinski definition) is 3.